The zero-order valence-corrected chi connectivity index (χ0v) is 21.5. The Labute approximate surface area is 211 Å². The summed E-state index contributed by atoms with van der Waals surface area (Å²) in [7, 11) is 3.73. The van der Waals surface area contributed by atoms with E-state index in [1.165, 1.54) is 11.1 Å². The molecule has 0 amide bonds. The molecule has 1 heterocycles. The van der Waals surface area contributed by atoms with Crippen molar-refractivity contribution in [2.45, 2.75) is 75.9 Å². The molecule has 0 radical (unpaired) electrons. The van der Waals surface area contributed by atoms with Gasteiger partial charge in [0.2, 0.25) is 0 Å². The van der Waals surface area contributed by atoms with Crippen LogP contribution in [-0.2, 0) is 0 Å². The molecule has 5 N–H and O–H groups in total. The maximum absolute atomic E-state index is 11.8. The molecule has 0 bridgehead atoms. The van der Waals surface area contributed by atoms with Gasteiger partial charge in [-0.1, -0.05) is 30.7 Å². The van der Waals surface area contributed by atoms with Crippen molar-refractivity contribution in [3.8, 4) is 0 Å². The summed E-state index contributed by atoms with van der Waals surface area (Å²) in [5.74, 6) is 1.11. The van der Waals surface area contributed by atoms with Crippen LogP contribution in [0.15, 0.2) is 47.1 Å². The lowest BCUT2D eigenvalue weighted by atomic mass is 9.61. The van der Waals surface area contributed by atoms with Crippen molar-refractivity contribution in [1.82, 2.24) is 14.9 Å². The van der Waals surface area contributed by atoms with E-state index < -0.39 is 23.9 Å². The van der Waals surface area contributed by atoms with Crippen LogP contribution >= 0.6 is 0 Å². The van der Waals surface area contributed by atoms with E-state index in [2.05, 4.69) is 41.2 Å². The summed E-state index contributed by atoms with van der Waals surface area (Å²) in [5, 5.41) is 45.1. The van der Waals surface area contributed by atoms with Crippen LogP contribution in [0.25, 0.3) is 16.6 Å². The van der Waals surface area contributed by atoms with Gasteiger partial charge in [0.25, 0.3) is 0 Å². The number of hydrogen-bond acceptors (Lipinski definition) is 6. The van der Waals surface area contributed by atoms with E-state index in [1.807, 2.05) is 32.0 Å². The van der Waals surface area contributed by atoms with Crippen LogP contribution in [0, 0.1) is 18.3 Å². The first-order chi connectivity index (χ1) is 17.0. The molecule has 7 nitrogen and oxygen atoms in total. The molecular weight excluding hydrogens is 454 g/mol. The van der Waals surface area contributed by atoms with Crippen LogP contribution in [0.2, 0.25) is 0 Å². The van der Waals surface area contributed by atoms with Crippen molar-refractivity contribution in [2.24, 2.45) is 11.3 Å². The second-order valence-corrected chi connectivity index (χ2v) is 11.9. The van der Waals surface area contributed by atoms with Crippen LogP contribution in [0.3, 0.4) is 0 Å². The van der Waals surface area contributed by atoms with Crippen molar-refractivity contribution in [3.05, 3.63) is 58.5 Å². The van der Waals surface area contributed by atoms with Gasteiger partial charge in [-0.15, -0.1) is 0 Å². The topological polar surface area (TPSA) is 113 Å². The molecular formula is C29H37N3O4. The Hall–Kier alpha value is -2.29. The molecule has 4 aliphatic carbocycles. The SMILES string of the molecule is Cc1nc2ccc(C3=CCC4C5=C(C=C6C(O)C(O)C(N(C)C)CC6(O)CC5)C(O)CC34C)cc2[nH]1. The average Bonchev–Trinajstić information content (AvgIpc) is 3.30. The van der Waals surface area contributed by atoms with E-state index in [9.17, 15) is 20.4 Å². The number of aliphatic hydroxyl groups is 4. The summed E-state index contributed by atoms with van der Waals surface area (Å²) in [5.41, 5.74) is 5.39. The third-order valence-electron chi connectivity index (χ3n) is 9.52. The monoisotopic (exact) mass is 491 g/mol. The number of imidazole rings is 1. The number of nitrogens with one attached hydrogen (secondary N) is 1. The van der Waals surface area contributed by atoms with Crippen LogP contribution in [0.5, 0.6) is 0 Å². The van der Waals surface area contributed by atoms with Crippen molar-refractivity contribution < 1.29 is 20.4 Å². The number of benzene rings is 1. The molecule has 4 aliphatic rings. The number of H-pyrrole nitrogens is 1. The Bertz CT molecular complexity index is 1320. The van der Waals surface area contributed by atoms with E-state index in [-0.39, 0.29) is 17.4 Å². The highest BCUT2D eigenvalue weighted by Gasteiger charge is 2.53. The minimum atomic E-state index is -1.21. The molecule has 36 heavy (non-hydrogen) atoms. The fraction of sp³-hybridized carbons (Fsp3) is 0.552. The van der Waals surface area contributed by atoms with Gasteiger partial charge in [0, 0.05) is 11.5 Å². The lowest BCUT2D eigenvalue weighted by molar-refractivity contribution is -0.0922. The third kappa shape index (κ3) is 3.41. The summed E-state index contributed by atoms with van der Waals surface area (Å²) < 4.78 is 0. The molecule has 1 aromatic carbocycles. The molecule has 2 aromatic rings. The standard InChI is InChI=1S/C29H37N3O4/c1-15-30-22-8-5-16(11-23(22)31-15)19-6-7-20-17-9-10-29(36)13-24(32(3)4)27(35)26(34)21(29)12-18(17)25(33)14-28(19,20)2/h5-6,8,11-12,20,24-27,33-36H,7,9-10,13-14H2,1-4H3,(H,30,31). The van der Waals surface area contributed by atoms with Crippen LogP contribution in [0.1, 0.15) is 50.4 Å². The van der Waals surface area contributed by atoms with Gasteiger partial charge >= 0.3 is 0 Å². The van der Waals surface area contributed by atoms with Crippen LogP contribution in [0.4, 0.5) is 0 Å². The molecule has 7 heteroatoms. The molecule has 7 atom stereocenters. The van der Waals surface area contributed by atoms with Gasteiger partial charge in [-0.2, -0.15) is 0 Å². The van der Waals surface area contributed by atoms with E-state index in [1.54, 1.807) is 0 Å². The predicted molar refractivity (Wildman–Crippen MR) is 139 cm³/mol. The van der Waals surface area contributed by atoms with E-state index in [4.69, 9.17) is 0 Å². The zero-order chi connectivity index (χ0) is 25.6. The maximum atomic E-state index is 11.8. The van der Waals surface area contributed by atoms with Crippen molar-refractivity contribution in [3.63, 3.8) is 0 Å². The van der Waals surface area contributed by atoms with E-state index >= 15 is 0 Å². The molecule has 0 saturated heterocycles. The quantitative estimate of drug-likeness (QED) is 0.442. The Morgan fingerprint density at radius 1 is 1.14 bits per heavy atom. The highest BCUT2D eigenvalue weighted by Crippen LogP contribution is 2.60. The number of rotatable bonds is 2. The van der Waals surface area contributed by atoms with Crippen molar-refractivity contribution >= 4 is 16.6 Å². The second-order valence-electron chi connectivity index (χ2n) is 11.9. The first-order valence-corrected chi connectivity index (χ1v) is 13.1. The number of aromatic nitrogens is 2. The highest BCUT2D eigenvalue weighted by molar-refractivity contribution is 5.83. The Kier molecular flexibility index (Phi) is 5.42. The normalized spacial score (nSPS) is 38.4. The average molecular weight is 492 g/mol. The number of likely N-dealkylation sites (N-methyl/N-ethyl adjacent to an activating group) is 1. The van der Waals surface area contributed by atoms with Gasteiger partial charge < -0.3 is 30.3 Å². The fourth-order valence-corrected chi connectivity index (χ4v) is 7.60. The lowest BCUT2D eigenvalue weighted by Gasteiger charge is -2.46. The lowest BCUT2D eigenvalue weighted by Crippen LogP contribution is -2.58. The van der Waals surface area contributed by atoms with Gasteiger partial charge in [-0.25, -0.2) is 4.98 Å². The first kappa shape index (κ1) is 24.1. The maximum Gasteiger partial charge on any atom is 0.105 e. The number of fused-ring (bicyclic) bond motifs is 4. The summed E-state index contributed by atoms with van der Waals surface area (Å²) in [4.78, 5) is 9.75. The Morgan fingerprint density at radius 2 is 1.92 bits per heavy atom. The van der Waals surface area contributed by atoms with E-state index in [0.29, 0.717) is 31.3 Å². The largest absolute Gasteiger partial charge is 0.388 e. The third-order valence-corrected chi connectivity index (χ3v) is 9.52. The number of aryl methyl sites for hydroxylation is 1. The van der Waals surface area contributed by atoms with Crippen LogP contribution < -0.4 is 0 Å². The smallest absolute Gasteiger partial charge is 0.105 e. The molecule has 1 aromatic heterocycles. The molecule has 0 spiro atoms. The summed E-state index contributed by atoms with van der Waals surface area (Å²) >= 11 is 0. The Morgan fingerprint density at radius 3 is 2.67 bits per heavy atom. The van der Waals surface area contributed by atoms with Crippen LogP contribution in [-0.4, -0.2) is 79.3 Å². The van der Waals surface area contributed by atoms with Crippen molar-refractivity contribution in [2.75, 3.05) is 14.1 Å². The molecule has 1 fully saturated rings. The first-order valence-electron chi connectivity index (χ1n) is 13.1. The summed E-state index contributed by atoms with van der Waals surface area (Å²) in [6, 6.07) is 6.01. The van der Waals surface area contributed by atoms with Gasteiger partial charge in [0.15, 0.2) is 0 Å². The minimum absolute atomic E-state index is 0.220. The Balaban J connectivity index is 1.37. The van der Waals surface area contributed by atoms with Gasteiger partial charge in [-0.3, -0.25) is 0 Å². The van der Waals surface area contributed by atoms with Gasteiger partial charge in [0.1, 0.15) is 11.9 Å². The van der Waals surface area contributed by atoms with E-state index in [0.717, 1.165) is 34.4 Å². The number of aromatic amines is 1. The molecule has 0 aliphatic heterocycles. The number of hydrogen-bond donors (Lipinski definition) is 5. The van der Waals surface area contributed by atoms with Gasteiger partial charge in [0.05, 0.1) is 28.8 Å². The molecule has 7 unspecified atom stereocenters. The molecule has 1 saturated carbocycles. The van der Waals surface area contributed by atoms with Crippen molar-refractivity contribution in [1.29, 1.82) is 0 Å². The summed E-state index contributed by atoms with van der Waals surface area (Å²) in [6.07, 6.45) is 4.23. The zero-order valence-electron chi connectivity index (χ0n) is 21.5. The number of aliphatic hydroxyl groups excluding tert-OH is 3. The predicted octanol–water partition coefficient (Wildman–Crippen LogP) is 2.85. The molecule has 6 rings (SSSR count). The number of nitrogens with zero attached hydrogens (tertiary/aromatic N) is 2. The number of allylic oxidation sites excluding steroid dienone is 3. The highest BCUT2D eigenvalue weighted by atomic mass is 16.3. The molecule has 192 valence electrons. The van der Waals surface area contributed by atoms with Gasteiger partial charge in [-0.05, 0) is 93.5 Å². The summed E-state index contributed by atoms with van der Waals surface area (Å²) in [6.45, 7) is 4.21. The minimum Gasteiger partial charge on any atom is -0.388 e. The fourth-order valence-electron chi connectivity index (χ4n) is 7.60. The second kappa shape index (κ2) is 8.10.